The van der Waals surface area contributed by atoms with Crippen LogP contribution >= 0.6 is 0 Å². The number of Topliss-reactive ketones (excluding diaryl/α,β-unsaturated/α-hetero) is 1. The van der Waals surface area contributed by atoms with Gasteiger partial charge in [0.15, 0.2) is 15.6 Å². The van der Waals surface area contributed by atoms with Crippen molar-refractivity contribution in [1.29, 1.82) is 0 Å². The number of carbonyl (C=O) groups is 1. The van der Waals surface area contributed by atoms with Gasteiger partial charge in [0.1, 0.15) is 5.82 Å². The van der Waals surface area contributed by atoms with Crippen molar-refractivity contribution < 1.29 is 13.2 Å². The monoisotopic (exact) mass is 464 g/mol. The molecule has 0 amide bonds. The number of nitrogens with zero attached hydrogens (tertiary/aromatic N) is 2. The normalized spacial score (nSPS) is 11.2. The number of nitrogens with one attached hydrogen (secondary N) is 2. The number of carbonyl (C=O) groups excluding carboxylic acids is 1. The molecule has 2 N–H and O–H groups in total. The maximum atomic E-state index is 12.5. The van der Waals surface area contributed by atoms with Gasteiger partial charge in [-0.2, -0.15) is 4.98 Å². The number of benzene rings is 2. The molecule has 0 atom stereocenters. The van der Waals surface area contributed by atoms with Gasteiger partial charge in [0.25, 0.3) is 0 Å². The molecular formula is C25H28N4O3S. The molecule has 3 aromatic rings. The number of anilines is 4. The second-order valence-corrected chi connectivity index (χ2v) is 10.4. The summed E-state index contributed by atoms with van der Waals surface area (Å²) in [7, 11) is -3.46. The molecule has 8 heteroatoms. The number of rotatable bonds is 8. The minimum Gasteiger partial charge on any atom is -0.340 e. The molecule has 0 radical (unpaired) electrons. The van der Waals surface area contributed by atoms with Crippen molar-refractivity contribution in [2.75, 3.05) is 10.6 Å². The van der Waals surface area contributed by atoms with E-state index in [2.05, 4.69) is 27.2 Å². The van der Waals surface area contributed by atoms with Crippen molar-refractivity contribution in [2.45, 2.75) is 40.4 Å². The van der Waals surface area contributed by atoms with Gasteiger partial charge in [-0.05, 0) is 57.9 Å². The molecule has 0 aliphatic heterocycles. The number of hydrogen-bond donors (Lipinski definition) is 2. The molecule has 0 unspecified atom stereocenters. The number of sulfone groups is 1. The van der Waals surface area contributed by atoms with Gasteiger partial charge in [0, 0.05) is 33.6 Å². The fourth-order valence-electron chi connectivity index (χ4n) is 3.14. The predicted octanol–water partition coefficient (Wildman–Crippen LogP) is 5.54. The third-order valence-corrected chi connectivity index (χ3v) is 7.01. The molecule has 0 fully saturated rings. The topological polar surface area (TPSA) is 101 Å². The first-order valence-corrected chi connectivity index (χ1v) is 12.1. The summed E-state index contributed by atoms with van der Waals surface area (Å²) in [5.41, 5.74) is 5.31. The Morgan fingerprint density at radius 2 is 1.70 bits per heavy atom. The van der Waals surface area contributed by atoms with E-state index in [1.165, 1.54) is 13.8 Å². The Morgan fingerprint density at radius 1 is 0.970 bits per heavy atom. The SMILES string of the molecule is C=C(C)S(=O)(=O)Cc1cc(C)ccc1Nc1nc(Nc2cc(C(C)=O)ccc2C)ncc1C. The summed E-state index contributed by atoms with van der Waals surface area (Å²) in [5, 5.41) is 6.44. The van der Waals surface area contributed by atoms with Crippen LogP contribution in [0.1, 0.15) is 46.5 Å². The number of hydrogen-bond acceptors (Lipinski definition) is 7. The van der Waals surface area contributed by atoms with E-state index in [0.717, 1.165) is 22.4 Å². The molecule has 172 valence electrons. The van der Waals surface area contributed by atoms with E-state index >= 15 is 0 Å². The minimum absolute atomic E-state index is 0.0261. The molecule has 0 bridgehead atoms. The number of aryl methyl sites for hydroxylation is 3. The second-order valence-electron chi connectivity index (χ2n) is 8.18. The minimum atomic E-state index is -3.46. The van der Waals surface area contributed by atoms with Crippen LogP contribution in [-0.4, -0.2) is 24.2 Å². The van der Waals surface area contributed by atoms with Gasteiger partial charge in [0.2, 0.25) is 5.95 Å². The summed E-state index contributed by atoms with van der Waals surface area (Å²) in [6.45, 7) is 12.3. The highest BCUT2D eigenvalue weighted by Gasteiger charge is 2.17. The Kier molecular flexibility index (Phi) is 6.98. The van der Waals surface area contributed by atoms with E-state index in [0.29, 0.717) is 28.6 Å². The molecule has 1 heterocycles. The summed E-state index contributed by atoms with van der Waals surface area (Å²) in [6.07, 6.45) is 1.68. The highest BCUT2D eigenvalue weighted by Crippen LogP contribution is 2.27. The predicted molar refractivity (Wildman–Crippen MR) is 133 cm³/mol. The average Bonchev–Trinajstić information content (AvgIpc) is 2.73. The lowest BCUT2D eigenvalue weighted by molar-refractivity contribution is 0.101. The van der Waals surface area contributed by atoms with Crippen LogP contribution in [0.2, 0.25) is 0 Å². The van der Waals surface area contributed by atoms with Gasteiger partial charge >= 0.3 is 0 Å². The summed E-state index contributed by atoms with van der Waals surface area (Å²) in [4.78, 5) is 20.8. The molecule has 0 saturated carbocycles. The molecule has 33 heavy (non-hydrogen) atoms. The zero-order valence-corrected chi connectivity index (χ0v) is 20.3. The van der Waals surface area contributed by atoms with Crippen LogP contribution in [-0.2, 0) is 15.6 Å². The van der Waals surface area contributed by atoms with E-state index < -0.39 is 9.84 Å². The lowest BCUT2D eigenvalue weighted by atomic mass is 10.1. The van der Waals surface area contributed by atoms with E-state index in [4.69, 9.17) is 0 Å². The highest BCUT2D eigenvalue weighted by molar-refractivity contribution is 7.94. The lowest BCUT2D eigenvalue weighted by Crippen LogP contribution is -2.09. The number of allylic oxidation sites excluding steroid dienone is 1. The van der Waals surface area contributed by atoms with Crippen molar-refractivity contribution in [3.05, 3.63) is 81.9 Å². The number of ketones is 1. The summed E-state index contributed by atoms with van der Waals surface area (Å²) in [5.74, 6) is 0.723. The molecule has 0 spiro atoms. The fraction of sp³-hybridized carbons (Fsp3) is 0.240. The average molecular weight is 465 g/mol. The van der Waals surface area contributed by atoms with E-state index in [1.54, 1.807) is 18.3 Å². The molecule has 0 saturated heterocycles. The Morgan fingerprint density at radius 3 is 2.36 bits per heavy atom. The molecule has 0 aliphatic carbocycles. The van der Waals surface area contributed by atoms with Crippen LogP contribution in [0.4, 0.5) is 23.1 Å². The van der Waals surface area contributed by atoms with Gasteiger partial charge < -0.3 is 10.6 Å². The maximum Gasteiger partial charge on any atom is 0.229 e. The Bertz CT molecular complexity index is 1350. The number of aromatic nitrogens is 2. The van der Waals surface area contributed by atoms with Crippen LogP contribution in [0.15, 0.2) is 54.1 Å². The zero-order valence-electron chi connectivity index (χ0n) is 19.5. The van der Waals surface area contributed by atoms with Gasteiger partial charge in [-0.25, -0.2) is 13.4 Å². The second kappa shape index (κ2) is 9.54. The van der Waals surface area contributed by atoms with Gasteiger partial charge in [-0.1, -0.05) is 36.4 Å². The molecule has 0 aliphatic rings. The third-order valence-electron chi connectivity index (χ3n) is 5.25. The van der Waals surface area contributed by atoms with E-state index in [9.17, 15) is 13.2 Å². The molecule has 1 aromatic heterocycles. The smallest absolute Gasteiger partial charge is 0.229 e. The van der Waals surface area contributed by atoms with Crippen molar-refractivity contribution in [3.8, 4) is 0 Å². The largest absolute Gasteiger partial charge is 0.340 e. The van der Waals surface area contributed by atoms with Crippen LogP contribution < -0.4 is 10.6 Å². The molecule has 7 nitrogen and oxygen atoms in total. The fourth-order valence-corrected chi connectivity index (χ4v) is 4.04. The Balaban J connectivity index is 1.94. The van der Waals surface area contributed by atoms with Gasteiger partial charge in [0.05, 0.1) is 5.75 Å². The molecular weight excluding hydrogens is 436 g/mol. The summed E-state index contributed by atoms with van der Waals surface area (Å²) >= 11 is 0. The van der Waals surface area contributed by atoms with Crippen LogP contribution in [0, 0.1) is 20.8 Å². The van der Waals surface area contributed by atoms with Crippen molar-refractivity contribution in [2.24, 2.45) is 0 Å². The lowest BCUT2D eigenvalue weighted by Gasteiger charge is -2.16. The zero-order chi connectivity index (χ0) is 24.3. The van der Waals surface area contributed by atoms with Crippen LogP contribution in [0.5, 0.6) is 0 Å². The quantitative estimate of drug-likeness (QED) is 0.422. The Labute approximate surface area is 194 Å². The first-order chi connectivity index (χ1) is 15.5. The van der Waals surface area contributed by atoms with Crippen molar-refractivity contribution in [1.82, 2.24) is 9.97 Å². The maximum absolute atomic E-state index is 12.5. The standard InChI is InChI=1S/C25H28N4O3S/c1-15(2)33(31,32)14-21-11-16(3)7-10-22(21)27-24-18(5)13-26-25(29-24)28-23-12-20(19(6)30)9-8-17(23)4/h7-13H,1,14H2,2-6H3,(H2,26,27,28,29). The van der Waals surface area contributed by atoms with Gasteiger partial charge in [-0.3, -0.25) is 4.79 Å². The van der Waals surface area contributed by atoms with E-state index in [-0.39, 0.29) is 16.4 Å². The first-order valence-electron chi connectivity index (χ1n) is 10.4. The van der Waals surface area contributed by atoms with Crippen LogP contribution in [0.25, 0.3) is 0 Å². The van der Waals surface area contributed by atoms with E-state index in [1.807, 2.05) is 45.0 Å². The van der Waals surface area contributed by atoms with Crippen molar-refractivity contribution in [3.63, 3.8) is 0 Å². The van der Waals surface area contributed by atoms with Gasteiger partial charge in [-0.15, -0.1) is 0 Å². The van der Waals surface area contributed by atoms with Crippen molar-refractivity contribution >= 4 is 38.8 Å². The molecule has 3 rings (SSSR count). The highest BCUT2D eigenvalue weighted by atomic mass is 32.2. The first kappa shape index (κ1) is 24.1. The summed E-state index contributed by atoms with van der Waals surface area (Å²) < 4.78 is 24.9. The molecule has 2 aromatic carbocycles. The summed E-state index contributed by atoms with van der Waals surface area (Å²) in [6, 6.07) is 11.0. The third kappa shape index (κ3) is 5.84. The Hall–Kier alpha value is -3.52. The van der Waals surface area contributed by atoms with Crippen LogP contribution in [0.3, 0.4) is 0 Å².